The van der Waals surface area contributed by atoms with Gasteiger partial charge >= 0.3 is 0 Å². The highest BCUT2D eigenvalue weighted by Gasteiger charge is 2.31. The van der Waals surface area contributed by atoms with Crippen molar-refractivity contribution in [1.82, 2.24) is 14.5 Å². The molecule has 0 spiro atoms. The van der Waals surface area contributed by atoms with Gasteiger partial charge in [0.15, 0.2) is 0 Å². The van der Waals surface area contributed by atoms with Crippen molar-refractivity contribution in [3.05, 3.63) is 88.6 Å². The van der Waals surface area contributed by atoms with Gasteiger partial charge in [0.2, 0.25) is 5.96 Å². The van der Waals surface area contributed by atoms with E-state index in [1.807, 2.05) is 61.2 Å². The maximum atomic E-state index is 13.1. The lowest BCUT2D eigenvalue weighted by atomic mass is 9.86. The third kappa shape index (κ3) is 3.84. The molecule has 0 saturated heterocycles. The maximum absolute atomic E-state index is 13.1. The van der Waals surface area contributed by atoms with E-state index < -0.39 is 10.0 Å². The standard InChI is InChI=1S/C26H27N5O2S/c1-16-7-5-6-8-21(16)18(3)24-17(2)9-12-23-25(24)29-26(30-34(23,32)33)27-14-19-10-11-22-20(13-19)15-28-31(22)4/h5-13,15,18H,14H2,1-4H3,(H2,27,29,30)/t18-/m0/s1. The number of rotatable bonds is 4. The normalized spacial score (nSPS) is 16.6. The smallest absolute Gasteiger partial charge is 0.266 e. The fraction of sp³-hybridized carbons (Fsp3) is 0.231. The van der Waals surface area contributed by atoms with Crippen LogP contribution in [0, 0.1) is 13.8 Å². The van der Waals surface area contributed by atoms with E-state index in [4.69, 9.17) is 0 Å². The highest BCUT2D eigenvalue weighted by Crippen LogP contribution is 2.39. The fourth-order valence-corrected chi connectivity index (χ4v) is 5.88. The Kier molecular flexibility index (Phi) is 5.40. The number of aliphatic imine (C=N–C) groups is 1. The van der Waals surface area contributed by atoms with Crippen LogP contribution in [0.3, 0.4) is 0 Å². The molecule has 0 fully saturated rings. The molecule has 2 N–H and O–H groups in total. The van der Waals surface area contributed by atoms with Gasteiger partial charge in [0.25, 0.3) is 10.0 Å². The van der Waals surface area contributed by atoms with Crippen LogP contribution in [0.1, 0.15) is 40.7 Å². The number of hydrogen-bond acceptors (Lipinski definition) is 4. The quantitative estimate of drug-likeness (QED) is 0.453. The van der Waals surface area contributed by atoms with Crippen molar-refractivity contribution in [2.45, 2.75) is 38.1 Å². The van der Waals surface area contributed by atoms with E-state index in [-0.39, 0.29) is 16.8 Å². The van der Waals surface area contributed by atoms with Crippen molar-refractivity contribution in [2.24, 2.45) is 12.0 Å². The van der Waals surface area contributed by atoms with Crippen molar-refractivity contribution in [3.63, 3.8) is 0 Å². The first-order chi connectivity index (χ1) is 16.2. The van der Waals surface area contributed by atoms with Crippen LogP contribution in [0.2, 0.25) is 0 Å². The largest absolute Gasteiger partial charge is 0.324 e. The SMILES string of the molecule is Cc1ccccc1[C@H](C)c1c(C)ccc2c1NC(=NCc1ccc3c(cnn3C)c1)NS2(=O)=O. The lowest BCUT2D eigenvalue weighted by molar-refractivity contribution is 0.591. The van der Waals surface area contributed by atoms with Crippen molar-refractivity contribution >= 4 is 32.6 Å². The lowest BCUT2D eigenvalue weighted by Gasteiger charge is -2.28. The summed E-state index contributed by atoms with van der Waals surface area (Å²) in [5.74, 6) is 0.230. The van der Waals surface area contributed by atoms with Gasteiger partial charge < -0.3 is 5.32 Å². The zero-order chi connectivity index (χ0) is 24.0. The molecule has 1 atom stereocenters. The minimum Gasteiger partial charge on any atom is -0.324 e. The topological polar surface area (TPSA) is 88.4 Å². The summed E-state index contributed by atoms with van der Waals surface area (Å²) in [4.78, 5) is 4.81. The van der Waals surface area contributed by atoms with Crippen molar-refractivity contribution in [1.29, 1.82) is 0 Å². The summed E-state index contributed by atoms with van der Waals surface area (Å²) in [6, 6.07) is 17.7. The second kappa shape index (κ2) is 8.29. The molecule has 2 heterocycles. The van der Waals surface area contributed by atoms with E-state index in [0.717, 1.165) is 27.6 Å². The Morgan fingerprint density at radius 1 is 1.06 bits per heavy atom. The van der Waals surface area contributed by atoms with E-state index >= 15 is 0 Å². The Hall–Kier alpha value is -3.65. The Labute approximate surface area is 199 Å². The van der Waals surface area contributed by atoms with Crippen LogP contribution in [0.25, 0.3) is 10.9 Å². The zero-order valence-corrected chi connectivity index (χ0v) is 20.4. The molecule has 0 saturated carbocycles. The number of fused-ring (bicyclic) bond motifs is 2. The number of guanidine groups is 1. The first kappa shape index (κ1) is 22.2. The number of nitrogens with one attached hydrogen (secondary N) is 2. The van der Waals surface area contributed by atoms with Crippen molar-refractivity contribution in [2.75, 3.05) is 5.32 Å². The monoisotopic (exact) mass is 473 g/mol. The molecular formula is C26H27N5O2S. The Morgan fingerprint density at radius 2 is 1.85 bits per heavy atom. The summed E-state index contributed by atoms with van der Waals surface area (Å²) in [7, 11) is -1.85. The third-order valence-electron chi connectivity index (χ3n) is 6.51. The van der Waals surface area contributed by atoms with E-state index in [1.165, 1.54) is 11.1 Å². The summed E-state index contributed by atoms with van der Waals surface area (Å²) in [6.45, 7) is 6.54. The Morgan fingerprint density at radius 3 is 2.65 bits per heavy atom. The number of sulfonamides is 1. The first-order valence-corrected chi connectivity index (χ1v) is 12.7. The lowest BCUT2D eigenvalue weighted by Crippen LogP contribution is -2.41. The molecule has 1 aliphatic rings. The first-order valence-electron chi connectivity index (χ1n) is 11.2. The molecule has 0 amide bonds. The number of nitrogens with zero attached hydrogens (tertiary/aromatic N) is 3. The summed E-state index contributed by atoms with van der Waals surface area (Å²) in [5, 5.41) is 8.58. The van der Waals surface area contributed by atoms with Crippen LogP contribution in [0.5, 0.6) is 0 Å². The average molecular weight is 474 g/mol. The molecule has 1 aromatic heterocycles. The van der Waals surface area contributed by atoms with Crippen molar-refractivity contribution in [3.8, 4) is 0 Å². The second-order valence-electron chi connectivity index (χ2n) is 8.80. The average Bonchev–Trinajstić information content (AvgIpc) is 3.17. The van der Waals surface area contributed by atoms with Crippen LogP contribution in [0.4, 0.5) is 5.69 Å². The predicted molar refractivity (Wildman–Crippen MR) is 136 cm³/mol. The number of aryl methyl sites for hydroxylation is 3. The van der Waals surface area contributed by atoms with Crippen LogP contribution < -0.4 is 10.0 Å². The second-order valence-corrected chi connectivity index (χ2v) is 10.5. The van der Waals surface area contributed by atoms with Crippen molar-refractivity contribution < 1.29 is 8.42 Å². The maximum Gasteiger partial charge on any atom is 0.266 e. The predicted octanol–water partition coefficient (Wildman–Crippen LogP) is 4.60. The Balaban J connectivity index is 1.53. The Bertz CT molecular complexity index is 1550. The van der Waals surface area contributed by atoms with Crippen LogP contribution >= 0.6 is 0 Å². The van der Waals surface area contributed by atoms with E-state index in [1.54, 1.807) is 6.07 Å². The van der Waals surface area contributed by atoms with Gasteiger partial charge in [-0.15, -0.1) is 0 Å². The molecule has 8 heteroatoms. The van der Waals surface area contributed by atoms with Gasteiger partial charge in [0.1, 0.15) is 4.90 Å². The molecule has 0 radical (unpaired) electrons. The minimum absolute atomic E-state index is 0.00573. The summed E-state index contributed by atoms with van der Waals surface area (Å²) < 4.78 is 30.6. The molecule has 34 heavy (non-hydrogen) atoms. The van der Waals surface area contributed by atoms with Gasteiger partial charge in [-0.1, -0.05) is 43.3 Å². The van der Waals surface area contributed by atoms with E-state index in [9.17, 15) is 8.42 Å². The van der Waals surface area contributed by atoms with E-state index in [0.29, 0.717) is 12.2 Å². The molecule has 1 aliphatic heterocycles. The molecule has 0 unspecified atom stereocenters. The van der Waals surface area contributed by atoms with Gasteiger partial charge in [0.05, 0.1) is 23.9 Å². The number of aromatic nitrogens is 2. The zero-order valence-electron chi connectivity index (χ0n) is 19.6. The highest BCUT2D eigenvalue weighted by atomic mass is 32.2. The summed E-state index contributed by atoms with van der Waals surface area (Å²) in [5.41, 5.74) is 6.92. The van der Waals surface area contributed by atoms with Gasteiger partial charge in [-0.2, -0.15) is 5.10 Å². The molecule has 174 valence electrons. The summed E-state index contributed by atoms with van der Waals surface area (Å²) >= 11 is 0. The number of benzene rings is 3. The number of anilines is 1. The van der Waals surface area contributed by atoms with Gasteiger partial charge in [-0.25, -0.2) is 18.1 Å². The molecule has 5 rings (SSSR count). The molecule has 0 bridgehead atoms. The molecule has 3 aromatic carbocycles. The summed E-state index contributed by atoms with van der Waals surface area (Å²) in [6.07, 6.45) is 1.81. The molecule has 0 aliphatic carbocycles. The molecule has 7 nitrogen and oxygen atoms in total. The van der Waals surface area contributed by atoms with E-state index in [2.05, 4.69) is 46.1 Å². The molecular weight excluding hydrogens is 446 g/mol. The minimum atomic E-state index is -3.75. The highest BCUT2D eigenvalue weighted by molar-refractivity contribution is 7.90. The van der Waals surface area contributed by atoms with Gasteiger partial charge in [-0.3, -0.25) is 4.68 Å². The third-order valence-corrected chi connectivity index (χ3v) is 7.89. The van der Waals surface area contributed by atoms with Crippen LogP contribution in [-0.4, -0.2) is 24.2 Å². The van der Waals surface area contributed by atoms with Crippen LogP contribution in [-0.2, 0) is 23.6 Å². The van der Waals surface area contributed by atoms with Gasteiger partial charge in [-0.05, 0) is 59.9 Å². The fourth-order valence-electron chi connectivity index (χ4n) is 4.72. The molecule has 4 aromatic rings. The number of hydrogen-bond donors (Lipinski definition) is 2. The van der Waals surface area contributed by atoms with Gasteiger partial charge in [0, 0.05) is 18.4 Å². The van der Waals surface area contributed by atoms with Crippen LogP contribution in [0.15, 0.2) is 70.7 Å².